The summed E-state index contributed by atoms with van der Waals surface area (Å²) in [4.78, 5) is 29.2. The highest BCUT2D eigenvalue weighted by molar-refractivity contribution is 5.84. The summed E-state index contributed by atoms with van der Waals surface area (Å²) < 4.78 is 24.8. The van der Waals surface area contributed by atoms with Crippen LogP contribution < -0.4 is 0 Å². The van der Waals surface area contributed by atoms with E-state index >= 15 is 0 Å². The molecule has 0 N–H and O–H groups in total. The molecular weight excluding hydrogens is 375 g/mol. The highest BCUT2D eigenvalue weighted by atomic mass is 19.1. The fourth-order valence-electron chi connectivity index (χ4n) is 5.16. The van der Waals surface area contributed by atoms with Crippen molar-refractivity contribution in [2.24, 2.45) is 0 Å². The first-order chi connectivity index (χ1) is 14.0. The molecule has 0 unspecified atom stereocenters. The normalized spacial score (nSPS) is 26.1. The number of carbonyl (C=O) groups excluding carboxylic acids is 2. The molecule has 29 heavy (non-hydrogen) atoms. The van der Waals surface area contributed by atoms with Gasteiger partial charge in [-0.25, -0.2) is 4.39 Å². The van der Waals surface area contributed by atoms with E-state index in [1.54, 1.807) is 12.1 Å². The van der Waals surface area contributed by atoms with E-state index in [0.717, 1.165) is 24.8 Å². The second-order valence-corrected chi connectivity index (χ2v) is 8.28. The van der Waals surface area contributed by atoms with Gasteiger partial charge < -0.3 is 19.3 Å². The predicted octanol–water partition coefficient (Wildman–Crippen LogP) is 2.11. The van der Waals surface area contributed by atoms with Crippen LogP contribution >= 0.6 is 0 Å². The van der Waals surface area contributed by atoms with Crippen molar-refractivity contribution in [3.05, 3.63) is 35.6 Å². The molecule has 3 fully saturated rings. The number of fused-ring (bicyclic) bond motifs is 1. The Hall–Kier alpha value is -1.99. The molecule has 0 radical (unpaired) electrons. The average Bonchev–Trinajstić information content (AvgIpc) is 3.26. The van der Waals surface area contributed by atoms with Crippen molar-refractivity contribution in [1.29, 1.82) is 0 Å². The maximum Gasteiger partial charge on any atom is 0.248 e. The number of ether oxygens (including phenoxy) is 2. The van der Waals surface area contributed by atoms with Gasteiger partial charge >= 0.3 is 0 Å². The number of carbonyl (C=O) groups is 2. The van der Waals surface area contributed by atoms with E-state index in [2.05, 4.69) is 0 Å². The topological polar surface area (TPSA) is 59.1 Å². The minimum absolute atomic E-state index is 0.0290. The number of rotatable bonds is 6. The Morgan fingerprint density at radius 3 is 2.83 bits per heavy atom. The first kappa shape index (κ1) is 20.3. The van der Waals surface area contributed by atoms with Crippen LogP contribution in [0.4, 0.5) is 4.39 Å². The van der Waals surface area contributed by atoms with E-state index in [9.17, 15) is 14.0 Å². The van der Waals surface area contributed by atoms with Crippen molar-refractivity contribution in [2.45, 2.75) is 50.1 Å². The van der Waals surface area contributed by atoms with Gasteiger partial charge in [-0.2, -0.15) is 0 Å². The average molecular weight is 404 g/mol. The van der Waals surface area contributed by atoms with Gasteiger partial charge in [0.1, 0.15) is 12.4 Å². The van der Waals surface area contributed by atoms with Gasteiger partial charge in [0.05, 0.1) is 12.1 Å². The van der Waals surface area contributed by atoms with Crippen LogP contribution in [0, 0.1) is 5.82 Å². The second kappa shape index (κ2) is 8.40. The Kier molecular flexibility index (Phi) is 5.88. The number of halogens is 1. The molecule has 1 aromatic rings. The molecule has 2 atom stereocenters. The molecule has 4 rings (SSSR count). The molecule has 1 aromatic carbocycles. The maximum absolute atomic E-state index is 14.0. The number of benzene rings is 1. The van der Waals surface area contributed by atoms with Crippen LogP contribution in [-0.2, 0) is 24.5 Å². The van der Waals surface area contributed by atoms with Crippen LogP contribution in [0.5, 0.6) is 0 Å². The summed E-state index contributed by atoms with van der Waals surface area (Å²) in [5.41, 5.74) is 0.618. The van der Waals surface area contributed by atoms with Gasteiger partial charge in [0, 0.05) is 44.7 Å². The summed E-state index contributed by atoms with van der Waals surface area (Å²) >= 11 is 0. The van der Waals surface area contributed by atoms with Crippen molar-refractivity contribution >= 4 is 11.8 Å². The van der Waals surface area contributed by atoms with E-state index in [0.29, 0.717) is 39.3 Å². The molecule has 6 nitrogen and oxygen atoms in total. The monoisotopic (exact) mass is 404 g/mol. The van der Waals surface area contributed by atoms with Gasteiger partial charge in [0.2, 0.25) is 11.8 Å². The zero-order valence-electron chi connectivity index (χ0n) is 16.9. The zero-order valence-corrected chi connectivity index (χ0v) is 16.9. The van der Waals surface area contributed by atoms with Crippen LogP contribution in [0.1, 0.15) is 38.2 Å². The van der Waals surface area contributed by atoms with Crippen LogP contribution in [-0.4, -0.2) is 73.2 Å². The van der Waals surface area contributed by atoms with Gasteiger partial charge in [-0.1, -0.05) is 12.1 Å². The van der Waals surface area contributed by atoms with E-state index in [1.165, 1.54) is 6.07 Å². The summed E-state index contributed by atoms with van der Waals surface area (Å²) in [6.07, 6.45) is 2.65. The molecule has 7 heteroatoms. The Morgan fingerprint density at radius 2 is 2.10 bits per heavy atom. The fourth-order valence-corrected chi connectivity index (χ4v) is 5.16. The van der Waals surface area contributed by atoms with E-state index < -0.39 is 0 Å². The number of hydrogen-bond acceptors (Lipinski definition) is 4. The Labute approximate surface area is 170 Å². The van der Waals surface area contributed by atoms with Gasteiger partial charge in [-0.3, -0.25) is 9.59 Å². The van der Waals surface area contributed by atoms with Crippen LogP contribution in [0.15, 0.2) is 24.3 Å². The lowest BCUT2D eigenvalue weighted by molar-refractivity contribution is -0.136. The van der Waals surface area contributed by atoms with E-state index in [-0.39, 0.29) is 41.7 Å². The summed E-state index contributed by atoms with van der Waals surface area (Å²) in [6, 6.07) is 6.68. The van der Waals surface area contributed by atoms with Gasteiger partial charge in [0.25, 0.3) is 0 Å². The first-order valence-corrected chi connectivity index (χ1v) is 10.5. The maximum atomic E-state index is 14.0. The van der Waals surface area contributed by atoms with Crippen LogP contribution in [0.3, 0.4) is 0 Å². The lowest BCUT2D eigenvalue weighted by atomic mass is 9.73. The minimum atomic E-state index is -0.312. The highest BCUT2D eigenvalue weighted by Gasteiger charge is 2.50. The molecule has 3 aliphatic rings. The minimum Gasteiger partial charge on any atom is -0.381 e. The van der Waals surface area contributed by atoms with Crippen molar-refractivity contribution in [3.8, 4) is 0 Å². The summed E-state index contributed by atoms with van der Waals surface area (Å²) in [5, 5.41) is 0. The van der Waals surface area contributed by atoms with Crippen LogP contribution in [0.2, 0.25) is 0 Å². The number of nitrogens with zero attached hydrogens (tertiary/aromatic N) is 2. The van der Waals surface area contributed by atoms with Gasteiger partial charge in [0.15, 0.2) is 0 Å². The Morgan fingerprint density at radius 1 is 1.31 bits per heavy atom. The second-order valence-electron chi connectivity index (χ2n) is 8.28. The molecule has 0 saturated carbocycles. The first-order valence-electron chi connectivity index (χ1n) is 10.5. The summed E-state index contributed by atoms with van der Waals surface area (Å²) in [7, 11) is 0. The third-order valence-corrected chi connectivity index (χ3v) is 6.72. The van der Waals surface area contributed by atoms with Gasteiger partial charge in [-0.15, -0.1) is 0 Å². The molecule has 3 heterocycles. The quantitative estimate of drug-likeness (QED) is 0.729. The van der Waals surface area contributed by atoms with Crippen LogP contribution in [0.25, 0.3) is 0 Å². The zero-order chi connectivity index (χ0) is 20.4. The van der Waals surface area contributed by atoms with Crippen molar-refractivity contribution in [3.63, 3.8) is 0 Å². The third kappa shape index (κ3) is 3.90. The lowest BCUT2D eigenvalue weighted by Gasteiger charge is -2.42. The summed E-state index contributed by atoms with van der Waals surface area (Å²) in [5.74, 6) is -0.219. The third-order valence-electron chi connectivity index (χ3n) is 6.72. The molecule has 0 spiro atoms. The molecule has 2 amide bonds. The number of likely N-dealkylation sites (tertiary alicyclic amines) is 2. The highest BCUT2D eigenvalue weighted by Crippen LogP contribution is 2.40. The number of hydrogen-bond donors (Lipinski definition) is 0. The molecule has 0 aliphatic carbocycles. The molecular formula is C22H29FN2O4. The molecule has 3 saturated heterocycles. The fraction of sp³-hybridized carbons (Fsp3) is 0.636. The molecule has 0 aromatic heterocycles. The molecule has 0 bridgehead atoms. The smallest absolute Gasteiger partial charge is 0.248 e. The van der Waals surface area contributed by atoms with E-state index in [1.807, 2.05) is 22.8 Å². The molecule has 158 valence electrons. The summed E-state index contributed by atoms with van der Waals surface area (Å²) in [6.45, 7) is 4.84. The van der Waals surface area contributed by atoms with Crippen molar-refractivity contribution < 1.29 is 23.5 Å². The SMILES string of the molecule is CCOCC(=O)N1CC[C@H]2[C@@H]1CC(=O)N2CC1(c2cccc(F)c2)CCOCC1. The van der Waals surface area contributed by atoms with Crippen molar-refractivity contribution in [2.75, 3.05) is 39.5 Å². The predicted molar refractivity (Wildman–Crippen MR) is 105 cm³/mol. The molecule has 3 aliphatic heterocycles. The lowest BCUT2D eigenvalue weighted by Crippen LogP contribution is -2.49. The number of amides is 2. The van der Waals surface area contributed by atoms with Gasteiger partial charge in [-0.05, 0) is 43.9 Å². The van der Waals surface area contributed by atoms with Crippen molar-refractivity contribution in [1.82, 2.24) is 9.80 Å². The Balaban J connectivity index is 1.54. The standard InChI is InChI=1S/C22H29FN2O4/c1-2-28-14-21(27)24-9-6-18-19(24)13-20(26)25(18)15-22(7-10-29-11-8-22)16-4-3-5-17(23)12-16/h3-5,12,18-19H,2,6-11,13-15H2,1H3/t18-,19-/m0/s1. The largest absolute Gasteiger partial charge is 0.381 e. The van der Waals surface area contributed by atoms with E-state index in [4.69, 9.17) is 9.47 Å². The Bertz CT molecular complexity index is 765.